The molecule has 2 fully saturated rings. The smallest absolute Gasteiger partial charge is 0.192 e. The second kappa shape index (κ2) is 7.77. The minimum absolute atomic E-state index is 0.172. The molecule has 5 atom stereocenters. The van der Waals surface area contributed by atoms with Crippen LogP contribution in [0.25, 0.3) is 0 Å². The van der Waals surface area contributed by atoms with Crippen LogP contribution in [0.4, 0.5) is 0 Å². The highest BCUT2D eigenvalue weighted by molar-refractivity contribution is 6.74. The highest BCUT2D eigenvalue weighted by Crippen LogP contribution is 2.59. The van der Waals surface area contributed by atoms with Crippen LogP contribution in [0.5, 0.6) is 0 Å². The van der Waals surface area contributed by atoms with Crippen molar-refractivity contribution in [1.29, 1.82) is 0 Å². The molecule has 0 aromatic carbocycles. The average molecular weight is 393 g/mol. The van der Waals surface area contributed by atoms with Crippen molar-refractivity contribution >= 4 is 8.32 Å². The van der Waals surface area contributed by atoms with E-state index >= 15 is 0 Å². The third-order valence-corrected chi connectivity index (χ3v) is 12.4. The lowest BCUT2D eigenvalue weighted by atomic mass is 9.60. The molecule has 3 rings (SSSR count). The summed E-state index contributed by atoms with van der Waals surface area (Å²) in [4.78, 5) is 0. The molecule has 0 spiro atoms. The maximum Gasteiger partial charge on any atom is 0.192 e. The zero-order chi connectivity index (χ0) is 19.9. The van der Waals surface area contributed by atoms with Gasteiger partial charge in [0.2, 0.25) is 0 Å². The van der Waals surface area contributed by atoms with Gasteiger partial charge in [0, 0.05) is 7.11 Å². The SMILES string of the molecule is COCO[C@@H]1CC[C@H]2[C@H]3CC=CCC=C3[C@@H](O[Si](C)(C)C(C)(C)C)C[C@@]12C. The van der Waals surface area contributed by atoms with E-state index in [1.807, 2.05) is 0 Å². The van der Waals surface area contributed by atoms with E-state index in [0.717, 1.165) is 25.7 Å². The van der Waals surface area contributed by atoms with Crippen molar-refractivity contribution < 1.29 is 13.9 Å². The summed E-state index contributed by atoms with van der Waals surface area (Å²) >= 11 is 0. The van der Waals surface area contributed by atoms with E-state index in [1.165, 1.54) is 6.42 Å². The third kappa shape index (κ3) is 4.01. The molecule has 0 aromatic heterocycles. The monoisotopic (exact) mass is 392 g/mol. The second-order valence-electron chi connectivity index (χ2n) is 10.6. The molecule has 0 radical (unpaired) electrons. The van der Waals surface area contributed by atoms with Crippen molar-refractivity contribution in [2.45, 2.75) is 90.1 Å². The first-order valence-electron chi connectivity index (χ1n) is 10.7. The lowest BCUT2D eigenvalue weighted by Gasteiger charge is -2.51. The van der Waals surface area contributed by atoms with Crippen LogP contribution < -0.4 is 0 Å². The molecule has 0 aliphatic heterocycles. The quantitative estimate of drug-likeness (QED) is 0.322. The number of ether oxygens (including phenoxy) is 2. The van der Waals surface area contributed by atoms with Gasteiger partial charge in [0.25, 0.3) is 0 Å². The van der Waals surface area contributed by atoms with E-state index in [0.29, 0.717) is 18.6 Å². The maximum atomic E-state index is 7.05. The number of hydrogen-bond donors (Lipinski definition) is 0. The summed E-state index contributed by atoms with van der Waals surface area (Å²) in [6, 6.07) is 0. The van der Waals surface area contributed by atoms with Crippen molar-refractivity contribution in [2.75, 3.05) is 13.9 Å². The van der Waals surface area contributed by atoms with Crippen molar-refractivity contribution in [1.82, 2.24) is 0 Å². The summed E-state index contributed by atoms with van der Waals surface area (Å²) in [6.07, 6.45) is 13.4. The van der Waals surface area contributed by atoms with E-state index in [-0.39, 0.29) is 22.7 Å². The Kier molecular flexibility index (Phi) is 6.13. The summed E-state index contributed by atoms with van der Waals surface area (Å²) < 4.78 is 18.5. The summed E-state index contributed by atoms with van der Waals surface area (Å²) in [5.41, 5.74) is 1.76. The van der Waals surface area contributed by atoms with Gasteiger partial charge in [-0.3, -0.25) is 0 Å². The van der Waals surface area contributed by atoms with Gasteiger partial charge in [-0.2, -0.15) is 0 Å². The number of hydrogen-bond acceptors (Lipinski definition) is 3. The van der Waals surface area contributed by atoms with Crippen molar-refractivity contribution in [3.8, 4) is 0 Å². The van der Waals surface area contributed by atoms with Crippen LogP contribution in [-0.4, -0.2) is 34.4 Å². The van der Waals surface area contributed by atoms with Gasteiger partial charge in [-0.25, -0.2) is 0 Å². The Bertz CT molecular complexity index is 589. The summed E-state index contributed by atoms with van der Waals surface area (Å²) in [7, 11) is -0.118. The van der Waals surface area contributed by atoms with E-state index in [4.69, 9.17) is 13.9 Å². The molecule has 2 saturated carbocycles. The highest BCUT2D eigenvalue weighted by atomic mass is 28.4. The van der Waals surface area contributed by atoms with Crippen molar-refractivity contribution in [3.63, 3.8) is 0 Å². The van der Waals surface area contributed by atoms with E-state index in [9.17, 15) is 0 Å². The number of fused-ring (bicyclic) bond motifs is 3. The Labute approximate surface area is 167 Å². The third-order valence-electron chi connectivity index (χ3n) is 7.91. The van der Waals surface area contributed by atoms with Crippen LogP contribution in [0.3, 0.4) is 0 Å². The minimum Gasteiger partial charge on any atom is -0.410 e. The van der Waals surface area contributed by atoms with Crippen molar-refractivity contribution in [2.24, 2.45) is 17.3 Å². The zero-order valence-corrected chi connectivity index (χ0v) is 19.5. The molecule has 0 N–H and O–H groups in total. The lowest BCUT2D eigenvalue weighted by molar-refractivity contribution is -0.126. The van der Waals surface area contributed by atoms with Crippen LogP contribution in [0.1, 0.15) is 59.8 Å². The Morgan fingerprint density at radius 2 is 1.93 bits per heavy atom. The van der Waals surface area contributed by atoms with Gasteiger partial charge in [-0.1, -0.05) is 45.9 Å². The molecule has 0 unspecified atom stereocenters. The van der Waals surface area contributed by atoms with Gasteiger partial charge in [0.15, 0.2) is 8.32 Å². The van der Waals surface area contributed by atoms with Gasteiger partial charge in [0.05, 0.1) is 12.2 Å². The molecule has 4 heteroatoms. The summed E-state index contributed by atoms with van der Waals surface area (Å²) in [5.74, 6) is 1.29. The molecule has 0 amide bonds. The topological polar surface area (TPSA) is 27.7 Å². The molecule has 0 bridgehead atoms. The second-order valence-corrected chi connectivity index (χ2v) is 15.3. The zero-order valence-electron chi connectivity index (χ0n) is 18.5. The number of allylic oxidation sites excluding steroid dienone is 3. The fraction of sp³-hybridized carbons (Fsp3) is 0.826. The van der Waals surface area contributed by atoms with Gasteiger partial charge < -0.3 is 13.9 Å². The predicted molar refractivity (Wildman–Crippen MR) is 114 cm³/mol. The normalized spacial score (nSPS) is 36.8. The molecule has 154 valence electrons. The molecule has 0 saturated heterocycles. The van der Waals surface area contributed by atoms with Gasteiger partial charge in [0.1, 0.15) is 6.79 Å². The first-order valence-corrected chi connectivity index (χ1v) is 13.6. The van der Waals surface area contributed by atoms with Gasteiger partial charge >= 0.3 is 0 Å². The molecule has 3 aliphatic rings. The first-order chi connectivity index (χ1) is 12.6. The molecule has 27 heavy (non-hydrogen) atoms. The predicted octanol–water partition coefficient (Wildman–Crippen LogP) is 6.08. The number of rotatable bonds is 5. The maximum absolute atomic E-state index is 7.05. The van der Waals surface area contributed by atoms with E-state index < -0.39 is 8.32 Å². The standard InChI is InChI=1S/C23H40O3Si/c1-22(2,3)27(6,7)26-20-15-23(4)19(13-14-21(23)25-16-24-5)17-11-9-8-10-12-18(17)20/h8-9,12,17,19-21H,10-11,13-16H2,1-7H3/t17-,19-,20-,21+,23+/m0/s1. The average Bonchev–Trinajstić information content (AvgIpc) is 2.74. The summed E-state index contributed by atoms with van der Waals surface area (Å²) in [5, 5.41) is 0.228. The van der Waals surface area contributed by atoms with E-state index in [2.05, 4.69) is 59.0 Å². The lowest BCUT2D eigenvalue weighted by Crippen LogP contribution is -2.52. The van der Waals surface area contributed by atoms with Gasteiger partial charge in [-0.15, -0.1) is 0 Å². The van der Waals surface area contributed by atoms with E-state index in [1.54, 1.807) is 12.7 Å². The summed E-state index contributed by atoms with van der Waals surface area (Å²) in [6.45, 7) is 14.7. The fourth-order valence-electron chi connectivity index (χ4n) is 5.35. The number of methoxy groups -OCH3 is 1. The Morgan fingerprint density at radius 1 is 1.19 bits per heavy atom. The van der Waals surface area contributed by atoms with Crippen LogP contribution in [0.2, 0.25) is 18.1 Å². The molecule has 0 heterocycles. The van der Waals surface area contributed by atoms with Crippen LogP contribution in [0.15, 0.2) is 23.8 Å². The Balaban J connectivity index is 1.92. The molecule has 0 aromatic rings. The Hall–Kier alpha value is -0.423. The largest absolute Gasteiger partial charge is 0.410 e. The van der Waals surface area contributed by atoms with Gasteiger partial charge in [-0.05, 0) is 73.1 Å². The Morgan fingerprint density at radius 3 is 2.59 bits per heavy atom. The minimum atomic E-state index is -1.84. The van der Waals surface area contributed by atoms with Crippen LogP contribution in [0, 0.1) is 17.3 Å². The molecule has 3 aliphatic carbocycles. The molecule has 3 nitrogen and oxygen atoms in total. The molecular weight excluding hydrogens is 352 g/mol. The van der Waals surface area contributed by atoms with Crippen LogP contribution >= 0.6 is 0 Å². The van der Waals surface area contributed by atoms with Crippen molar-refractivity contribution in [3.05, 3.63) is 23.8 Å². The first kappa shape index (κ1) is 21.3. The van der Waals surface area contributed by atoms with Crippen LogP contribution in [-0.2, 0) is 13.9 Å². The molecular formula is C23H40O3Si. The fourth-order valence-corrected chi connectivity index (χ4v) is 6.64. The highest BCUT2D eigenvalue weighted by Gasteiger charge is 2.56.